The second kappa shape index (κ2) is 6.12. The minimum Gasteiger partial charge on any atom is -0.492 e. The van der Waals surface area contributed by atoms with Gasteiger partial charge >= 0.3 is 0 Å². The Hall–Kier alpha value is -0.730. The molecule has 0 spiro atoms. The molecule has 1 rings (SSSR count). The fourth-order valence-electron chi connectivity index (χ4n) is 1.88. The predicted octanol–water partition coefficient (Wildman–Crippen LogP) is 3.37. The third-order valence-electron chi connectivity index (χ3n) is 2.66. The molecule has 0 saturated carbocycles. The topological polar surface area (TPSA) is 21.3 Å². The molecule has 1 unspecified atom stereocenters. The van der Waals surface area contributed by atoms with Gasteiger partial charge in [-0.05, 0) is 50.1 Å². The summed E-state index contributed by atoms with van der Waals surface area (Å²) in [7, 11) is 1.96. The largest absolute Gasteiger partial charge is 0.492 e. The zero-order valence-electron chi connectivity index (χ0n) is 10.4. The highest BCUT2D eigenvalue weighted by molar-refractivity contribution is 6.32. The summed E-state index contributed by atoms with van der Waals surface area (Å²) in [5, 5.41) is 3.88. The molecule has 90 valence electrons. The van der Waals surface area contributed by atoms with E-state index in [0.717, 1.165) is 12.3 Å². The Morgan fingerprint density at radius 2 is 2.12 bits per heavy atom. The van der Waals surface area contributed by atoms with Crippen molar-refractivity contribution in [1.82, 2.24) is 5.32 Å². The van der Waals surface area contributed by atoms with Crippen molar-refractivity contribution in [3.05, 3.63) is 28.3 Å². The molecule has 3 heteroatoms. The highest BCUT2D eigenvalue weighted by atomic mass is 35.5. The molecule has 0 saturated heterocycles. The summed E-state index contributed by atoms with van der Waals surface area (Å²) in [5.74, 6) is 1.24. The summed E-state index contributed by atoms with van der Waals surface area (Å²) in [5.41, 5.74) is 2.51. The van der Waals surface area contributed by atoms with E-state index in [4.69, 9.17) is 16.3 Å². The Balaban J connectivity index is 3.00. The normalized spacial score (nSPS) is 12.6. The highest BCUT2D eigenvalue weighted by Crippen LogP contribution is 2.31. The van der Waals surface area contributed by atoms with Crippen LogP contribution in [-0.4, -0.2) is 20.2 Å². The van der Waals surface area contributed by atoms with Gasteiger partial charge in [0.1, 0.15) is 5.75 Å². The average molecular weight is 242 g/mol. The van der Waals surface area contributed by atoms with Crippen molar-refractivity contribution >= 4 is 11.6 Å². The maximum absolute atomic E-state index is 6.18. The second-order valence-corrected chi connectivity index (χ2v) is 4.44. The molecule has 0 amide bonds. The van der Waals surface area contributed by atoms with Crippen LogP contribution in [0.1, 0.15) is 30.9 Å². The average Bonchev–Trinajstić information content (AvgIpc) is 2.23. The molecule has 0 aliphatic carbocycles. The van der Waals surface area contributed by atoms with Crippen LogP contribution in [0.25, 0.3) is 0 Å². The molecule has 0 fully saturated rings. The first-order chi connectivity index (χ1) is 7.60. The van der Waals surface area contributed by atoms with E-state index in [1.54, 1.807) is 0 Å². The quantitative estimate of drug-likeness (QED) is 0.854. The van der Waals surface area contributed by atoms with Crippen molar-refractivity contribution in [2.75, 3.05) is 20.2 Å². The number of hydrogen-bond donors (Lipinski definition) is 1. The fraction of sp³-hybridized carbons (Fsp3) is 0.538. The van der Waals surface area contributed by atoms with Gasteiger partial charge in [0.25, 0.3) is 0 Å². The molecule has 1 aromatic rings. The number of nitrogens with one attached hydrogen (secondary N) is 1. The maximum Gasteiger partial charge on any atom is 0.138 e. The van der Waals surface area contributed by atoms with Crippen LogP contribution < -0.4 is 10.1 Å². The van der Waals surface area contributed by atoms with E-state index >= 15 is 0 Å². The molecule has 0 radical (unpaired) electrons. The van der Waals surface area contributed by atoms with E-state index in [9.17, 15) is 0 Å². The lowest BCUT2D eigenvalue weighted by Gasteiger charge is -2.16. The number of aryl methyl sites for hydroxylation is 1. The summed E-state index contributed by atoms with van der Waals surface area (Å²) in [6.07, 6.45) is 0. The standard InChI is InChI=1S/C13H20ClNO/c1-5-16-13-6-9(2)11(7-12(13)14)10(3)8-15-4/h6-7,10,15H,5,8H2,1-4H3. The van der Waals surface area contributed by atoms with Gasteiger partial charge in [-0.15, -0.1) is 0 Å². The van der Waals surface area contributed by atoms with Crippen LogP contribution in [0.3, 0.4) is 0 Å². The van der Waals surface area contributed by atoms with Gasteiger partial charge in [0.05, 0.1) is 11.6 Å². The summed E-state index contributed by atoms with van der Waals surface area (Å²) in [4.78, 5) is 0. The zero-order valence-corrected chi connectivity index (χ0v) is 11.2. The number of benzene rings is 1. The summed E-state index contributed by atoms with van der Waals surface area (Å²) in [6.45, 7) is 7.84. The van der Waals surface area contributed by atoms with Gasteiger partial charge in [0.15, 0.2) is 0 Å². The molecule has 0 heterocycles. The third-order valence-corrected chi connectivity index (χ3v) is 2.96. The first-order valence-corrected chi connectivity index (χ1v) is 6.05. The smallest absolute Gasteiger partial charge is 0.138 e. The van der Waals surface area contributed by atoms with Crippen LogP contribution in [0.2, 0.25) is 5.02 Å². The fourth-order valence-corrected chi connectivity index (χ4v) is 2.11. The van der Waals surface area contributed by atoms with Crippen LogP contribution >= 0.6 is 11.6 Å². The van der Waals surface area contributed by atoms with Crippen molar-refractivity contribution in [1.29, 1.82) is 0 Å². The lowest BCUT2D eigenvalue weighted by atomic mass is 9.96. The first kappa shape index (κ1) is 13.3. The molecular weight excluding hydrogens is 222 g/mol. The molecule has 0 aromatic heterocycles. The Morgan fingerprint density at radius 3 is 2.69 bits per heavy atom. The van der Waals surface area contributed by atoms with Gasteiger partial charge in [0, 0.05) is 6.54 Å². The van der Waals surface area contributed by atoms with Crippen molar-refractivity contribution in [3.8, 4) is 5.75 Å². The van der Waals surface area contributed by atoms with E-state index in [0.29, 0.717) is 17.5 Å². The van der Waals surface area contributed by atoms with Crippen LogP contribution in [0.5, 0.6) is 5.75 Å². The van der Waals surface area contributed by atoms with E-state index in [2.05, 4.69) is 19.2 Å². The van der Waals surface area contributed by atoms with E-state index < -0.39 is 0 Å². The lowest BCUT2D eigenvalue weighted by Crippen LogP contribution is -2.15. The van der Waals surface area contributed by atoms with Crippen molar-refractivity contribution in [2.45, 2.75) is 26.7 Å². The lowest BCUT2D eigenvalue weighted by molar-refractivity contribution is 0.340. The molecule has 1 aromatic carbocycles. The molecule has 16 heavy (non-hydrogen) atoms. The summed E-state index contributed by atoms with van der Waals surface area (Å²) < 4.78 is 5.46. The van der Waals surface area contributed by atoms with Crippen LogP contribution in [0, 0.1) is 6.92 Å². The SMILES string of the molecule is CCOc1cc(C)c(C(C)CNC)cc1Cl. The Labute approximate surface area is 103 Å². The number of rotatable bonds is 5. The summed E-state index contributed by atoms with van der Waals surface area (Å²) >= 11 is 6.18. The second-order valence-electron chi connectivity index (χ2n) is 4.03. The highest BCUT2D eigenvalue weighted by Gasteiger charge is 2.11. The van der Waals surface area contributed by atoms with Gasteiger partial charge in [-0.1, -0.05) is 18.5 Å². The number of ether oxygens (including phenoxy) is 1. The van der Waals surface area contributed by atoms with Gasteiger partial charge < -0.3 is 10.1 Å². The van der Waals surface area contributed by atoms with Crippen LogP contribution in [-0.2, 0) is 0 Å². The van der Waals surface area contributed by atoms with Crippen molar-refractivity contribution < 1.29 is 4.74 Å². The maximum atomic E-state index is 6.18. The Kier molecular flexibility index (Phi) is 5.10. The molecule has 0 aliphatic rings. The predicted molar refractivity (Wildman–Crippen MR) is 69.7 cm³/mol. The molecule has 1 atom stereocenters. The summed E-state index contributed by atoms with van der Waals surface area (Å²) in [6, 6.07) is 4.04. The van der Waals surface area contributed by atoms with Gasteiger partial charge in [0.2, 0.25) is 0 Å². The van der Waals surface area contributed by atoms with Crippen LogP contribution in [0.15, 0.2) is 12.1 Å². The van der Waals surface area contributed by atoms with Crippen LogP contribution in [0.4, 0.5) is 0 Å². The third kappa shape index (κ3) is 3.13. The minimum atomic E-state index is 0.457. The van der Waals surface area contributed by atoms with E-state index in [1.165, 1.54) is 11.1 Å². The molecule has 2 nitrogen and oxygen atoms in total. The van der Waals surface area contributed by atoms with Gasteiger partial charge in [-0.25, -0.2) is 0 Å². The van der Waals surface area contributed by atoms with Crippen molar-refractivity contribution in [2.24, 2.45) is 0 Å². The van der Waals surface area contributed by atoms with Gasteiger partial charge in [-0.3, -0.25) is 0 Å². The zero-order chi connectivity index (χ0) is 12.1. The van der Waals surface area contributed by atoms with Crippen molar-refractivity contribution in [3.63, 3.8) is 0 Å². The Bertz CT molecular complexity index is 352. The first-order valence-electron chi connectivity index (χ1n) is 5.67. The molecular formula is C13H20ClNO. The number of hydrogen-bond acceptors (Lipinski definition) is 2. The molecule has 1 N–H and O–H groups in total. The number of likely N-dealkylation sites (N-methyl/N-ethyl adjacent to an activating group) is 1. The van der Waals surface area contributed by atoms with Gasteiger partial charge in [-0.2, -0.15) is 0 Å². The van der Waals surface area contributed by atoms with E-state index in [-0.39, 0.29) is 0 Å². The molecule has 0 bridgehead atoms. The monoisotopic (exact) mass is 241 g/mol. The number of halogens is 1. The molecule has 0 aliphatic heterocycles. The minimum absolute atomic E-state index is 0.457. The van der Waals surface area contributed by atoms with E-state index in [1.807, 2.05) is 26.1 Å². The Morgan fingerprint density at radius 1 is 1.44 bits per heavy atom.